The van der Waals surface area contributed by atoms with E-state index in [1.165, 1.54) is 12.0 Å². The van der Waals surface area contributed by atoms with Gasteiger partial charge in [-0.3, -0.25) is 9.59 Å². The summed E-state index contributed by atoms with van der Waals surface area (Å²) < 4.78 is 6.23. The van der Waals surface area contributed by atoms with Crippen molar-refractivity contribution >= 4 is 35.2 Å². The Kier molecular flexibility index (Phi) is 9.01. The second-order valence-electron chi connectivity index (χ2n) is 9.78. The normalized spacial score (nSPS) is 20.8. The van der Waals surface area contributed by atoms with Gasteiger partial charge in [0.1, 0.15) is 11.8 Å². The van der Waals surface area contributed by atoms with Crippen LogP contribution in [0.25, 0.3) is 0 Å². The summed E-state index contributed by atoms with van der Waals surface area (Å²) in [6.45, 7) is 4.41. The van der Waals surface area contributed by atoms with Crippen LogP contribution in [0.5, 0.6) is 5.75 Å². The molecule has 0 radical (unpaired) electrons. The quantitative estimate of drug-likeness (QED) is 0.438. The Morgan fingerprint density at radius 3 is 2.60 bits per heavy atom. The van der Waals surface area contributed by atoms with Crippen molar-refractivity contribution in [3.05, 3.63) is 64.7 Å². The van der Waals surface area contributed by atoms with Crippen LogP contribution in [0, 0.1) is 5.92 Å². The van der Waals surface area contributed by atoms with E-state index in [-0.39, 0.29) is 23.8 Å². The van der Waals surface area contributed by atoms with Crippen LogP contribution in [0.2, 0.25) is 5.02 Å². The standard InChI is InChI=1S/C28H35ClN2O3S/c1-19(2)26-28(33)31(15-16-35-18-20-9-5-3-6-10-20)25(23-17-21(29)13-14-24(23)34-26)27(32)30-22-11-7-4-8-12-22/h3,5-6,9-10,13-14,17,19,22,25-26H,4,7-8,11-12,15-16,18H2,1-2H3,(H,30,32). The number of nitrogens with one attached hydrogen (secondary N) is 1. The highest BCUT2D eigenvalue weighted by atomic mass is 35.5. The van der Waals surface area contributed by atoms with E-state index in [9.17, 15) is 9.59 Å². The van der Waals surface area contributed by atoms with Crippen molar-refractivity contribution in [3.8, 4) is 5.75 Å². The summed E-state index contributed by atoms with van der Waals surface area (Å²) in [5.41, 5.74) is 1.90. The smallest absolute Gasteiger partial charge is 0.264 e. The highest BCUT2D eigenvalue weighted by molar-refractivity contribution is 7.98. The average molecular weight is 515 g/mol. The predicted molar refractivity (Wildman–Crippen MR) is 143 cm³/mol. The summed E-state index contributed by atoms with van der Waals surface area (Å²) in [5.74, 6) is 1.81. The molecular weight excluding hydrogens is 480 g/mol. The van der Waals surface area contributed by atoms with Crippen molar-refractivity contribution < 1.29 is 14.3 Å². The number of rotatable bonds is 8. The minimum Gasteiger partial charge on any atom is -0.480 e. The largest absolute Gasteiger partial charge is 0.480 e. The van der Waals surface area contributed by atoms with Crippen LogP contribution in [0.3, 0.4) is 0 Å². The summed E-state index contributed by atoms with van der Waals surface area (Å²) in [6, 6.07) is 15.0. The lowest BCUT2D eigenvalue weighted by Gasteiger charge is -2.33. The van der Waals surface area contributed by atoms with Gasteiger partial charge in [-0.25, -0.2) is 0 Å². The number of hydrogen-bond acceptors (Lipinski definition) is 4. The fourth-order valence-electron chi connectivity index (χ4n) is 4.88. The molecule has 0 spiro atoms. The zero-order valence-electron chi connectivity index (χ0n) is 20.5. The van der Waals surface area contributed by atoms with E-state index in [1.807, 2.05) is 32.0 Å². The van der Waals surface area contributed by atoms with Gasteiger partial charge in [0.05, 0.1) is 0 Å². The average Bonchev–Trinajstić information content (AvgIpc) is 2.97. The molecule has 1 heterocycles. The number of carbonyl (C=O) groups is 2. The van der Waals surface area contributed by atoms with Crippen molar-refractivity contribution in [2.75, 3.05) is 12.3 Å². The lowest BCUT2D eigenvalue weighted by atomic mass is 9.94. The first kappa shape index (κ1) is 25.9. The van der Waals surface area contributed by atoms with E-state index in [1.54, 1.807) is 34.9 Å². The van der Waals surface area contributed by atoms with Crippen LogP contribution >= 0.6 is 23.4 Å². The molecule has 4 rings (SSSR count). The number of benzene rings is 2. The van der Waals surface area contributed by atoms with Gasteiger partial charge in [-0.05, 0) is 42.5 Å². The Hall–Kier alpha value is -2.18. The summed E-state index contributed by atoms with van der Waals surface area (Å²) in [5, 5.41) is 3.77. The number of carbonyl (C=O) groups excluding carboxylic acids is 2. The molecule has 35 heavy (non-hydrogen) atoms. The maximum absolute atomic E-state index is 13.8. The lowest BCUT2D eigenvalue weighted by Crippen LogP contribution is -2.50. The minimum absolute atomic E-state index is 0.0364. The molecular formula is C28H35ClN2O3S. The molecule has 7 heteroatoms. The fraction of sp³-hybridized carbons (Fsp3) is 0.500. The van der Waals surface area contributed by atoms with E-state index in [0.29, 0.717) is 28.6 Å². The van der Waals surface area contributed by atoms with E-state index in [2.05, 4.69) is 17.4 Å². The molecule has 2 atom stereocenters. The highest BCUT2D eigenvalue weighted by Crippen LogP contribution is 2.38. The number of nitrogens with zero attached hydrogens (tertiary/aromatic N) is 1. The molecule has 5 nitrogen and oxygen atoms in total. The Balaban J connectivity index is 1.60. The van der Waals surface area contributed by atoms with Crippen molar-refractivity contribution in [2.24, 2.45) is 5.92 Å². The Bertz CT molecular complexity index is 1010. The van der Waals surface area contributed by atoms with Crippen LogP contribution < -0.4 is 10.1 Å². The third-order valence-corrected chi connectivity index (χ3v) is 8.00. The second kappa shape index (κ2) is 12.2. The highest BCUT2D eigenvalue weighted by Gasteiger charge is 2.42. The number of thioether (sulfide) groups is 1. The lowest BCUT2D eigenvalue weighted by molar-refractivity contribution is -0.146. The minimum atomic E-state index is -0.765. The maximum Gasteiger partial charge on any atom is 0.264 e. The Morgan fingerprint density at radius 1 is 1.14 bits per heavy atom. The first-order valence-corrected chi connectivity index (χ1v) is 14.2. The third kappa shape index (κ3) is 6.53. The topological polar surface area (TPSA) is 58.6 Å². The van der Waals surface area contributed by atoms with Gasteiger partial charge >= 0.3 is 0 Å². The Morgan fingerprint density at radius 2 is 1.89 bits per heavy atom. The van der Waals surface area contributed by atoms with E-state index in [4.69, 9.17) is 16.3 Å². The number of halogens is 1. The molecule has 2 aromatic rings. The molecule has 2 aromatic carbocycles. The number of hydrogen-bond donors (Lipinski definition) is 1. The van der Waals surface area contributed by atoms with Crippen LogP contribution in [0.1, 0.15) is 63.1 Å². The molecule has 2 amide bonds. The third-order valence-electron chi connectivity index (χ3n) is 6.75. The van der Waals surface area contributed by atoms with Crippen molar-refractivity contribution in [1.82, 2.24) is 10.2 Å². The van der Waals surface area contributed by atoms with Crippen LogP contribution in [0.15, 0.2) is 48.5 Å². The fourth-order valence-corrected chi connectivity index (χ4v) is 5.96. The van der Waals surface area contributed by atoms with E-state index in [0.717, 1.165) is 31.4 Å². The molecule has 0 saturated heterocycles. The monoisotopic (exact) mass is 514 g/mol. The van der Waals surface area contributed by atoms with Crippen molar-refractivity contribution in [3.63, 3.8) is 0 Å². The van der Waals surface area contributed by atoms with Gasteiger partial charge in [-0.1, -0.05) is 75.0 Å². The van der Waals surface area contributed by atoms with Crippen molar-refractivity contribution in [1.29, 1.82) is 0 Å². The first-order valence-electron chi connectivity index (χ1n) is 12.6. The van der Waals surface area contributed by atoms with Gasteiger partial charge in [0, 0.05) is 34.7 Å². The summed E-state index contributed by atoms with van der Waals surface area (Å²) in [4.78, 5) is 29.3. The van der Waals surface area contributed by atoms with Crippen LogP contribution in [-0.2, 0) is 15.3 Å². The molecule has 1 aliphatic heterocycles. The van der Waals surface area contributed by atoms with Crippen LogP contribution in [-0.4, -0.2) is 41.2 Å². The molecule has 1 aliphatic carbocycles. The molecule has 0 bridgehead atoms. The molecule has 1 fully saturated rings. The van der Waals surface area contributed by atoms with E-state index >= 15 is 0 Å². The van der Waals surface area contributed by atoms with Gasteiger partial charge in [0.2, 0.25) is 5.91 Å². The molecule has 2 unspecified atom stereocenters. The zero-order chi connectivity index (χ0) is 24.8. The first-order chi connectivity index (χ1) is 16.9. The van der Waals surface area contributed by atoms with Gasteiger partial charge in [-0.2, -0.15) is 11.8 Å². The molecule has 2 aliphatic rings. The van der Waals surface area contributed by atoms with Gasteiger partial charge in [0.25, 0.3) is 5.91 Å². The summed E-state index contributed by atoms with van der Waals surface area (Å²) in [6.07, 6.45) is 4.76. The number of amides is 2. The predicted octanol–water partition coefficient (Wildman–Crippen LogP) is 6.01. The zero-order valence-corrected chi connectivity index (χ0v) is 22.1. The maximum atomic E-state index is 13.8. The van der Waals surface area contributed by atoms with Crippen molar-refractivity contribution in [2.45, 2.75) is 69.9 Å². The Labute approximate surface area is 217 Å². The van der Waals surface area contributed by atoms with Gasteiger partial charge in [-0.15, -0.1) is 0 Å². The SMILES string of the molecule is CC(C)C1Oc2ccc(Cl)cc2C(C(=O)NC2CCCCC2)N(CCSCc2ccccc2)C1=O. The van der Waals surface area contributed by atoms with Crippen LogP contribution in [0.4, 0.5) is 0 Å². The molecule has 188 valence electrons. The number of ether oxygens (including phenoxy) is 1. The molecule has 1 saturated carbocycles. The molecule has 0 aromatic heterocycles. The second-order valence-corrected chi connectivity index (χ2v) is 11.3. The summed E-state index contributed by atoms with van der Waals surface area (Å²) >= 11 is 8.13. The van der Waals surface area contributed by atoms with Gasteiger partial charge < -0.3 is 15.0 Å². The summed E-state index contributed by atoms with van der Waals surface area (Å²) in [7, 11) is 0. The molecule has 1 N–H and O–H groups in total. The van der Waals surface area contributed by atoms with Gasteiger partial charge in [0.15, 0.2) is 6.10 Å². The number of fused-ring (bicyclic) bond motifs is 1. The van der Waals surface area contributed by atoms with E-state index < -0.39 is 12.1 Å².